The third-order valence-corrected chi connectivity index (χ3v) is 5.73. The molecule has 7 nitrogen and oxygen atoms in total. The first-order valence-electron chi connectivity index (χ1n) is 7.88. The quantitative estimate of drug-likeness (QED) is 0.756. The number of fused-ring (bicyclic) bond motifs is 4. The van der Waals surface area contributed by atoms with Gasteiger partial charge in [-0.1, -0.05) is 17.7 Å². The van der Waals surface area contributed by atoms with Crippen molar-refractivity contribution in [1.82, 2.24) is 0 Å². The van der Waals surface area contributed by atoms with E-state index in [1.165, 1.54) is 12.1 Å². The minimum Gasteiger partial charge on any atom is -0.347 e. The highest BCUT2D eigenvalue weighted by Crippen LogP contribution is 2.42. The molecule has 3 aliphatic heterocycles. The van der Waals surface area contributed by atoms with Gasteiger partial charge in [0.25, 0.3) is 10.1 Å². The van der Waals surface area contributed by atoms with Crippen LogP contribution in [0.3, 0.4) is 0 Å². The normalized spacial score (nSPS) is 37.4. The minimum atomic E-state index is -3.97. The molecule has 0 N–H and O–H groups in total. The second kappa shape index (κ2) is 5.48. The van der Waals surface area contributed by atoms with Crippen LogP contribution in [0.25, 0.3) is 0 Å². The van der Waals surface area contributed by atoms with Crippen LogP contribution in [0.15, 0.2) is 29.2 Å². The smallest absolute Gasteiger partial charge is 0.297 e. The van der Waals surface area contributed by atoms with Crippen molar-refractivity contribution in [1.29, 1.82) is 0 Å². The number of ether oxygens (including phenoxy) is 4. The van der Waals surface area contributed by atoms with Crippen LogP contribution >= 0.6 is 0 Å². The lowest BCUT2D eigenvalue weighted by Gasteiger charge is -2.34. The molecule has 4 rings (SSSR count). The molecule has 0 unspecified atom stereocenters. The molecule has 3 aliphatic rings. The Morgan fingerprint density at radius 1 is 1.12 bits per heavy atom. The van der Waals surface area contributed by atoms with Crippen molar-refractivity contribution in [3.8, 4) is 0 Å². The fraction of sp³-hybridized carbons (Fsp3) is 0.625. The highest BCUT2D eigenvalue weighted by Gasteiger charge is 2.60. The third-order valence-electron chi connectivity index (χ3n) is 4.40. The van der Waals surface area contributed by atoms with E-state index in [2.05, 4.69) is 0 Å². The highest BCUT2D eigenvalue weighted by molar-refractivity contribution is 7.86. The molecule has 3 saturated heterocycles. The van der Waals surface area contributed by atoms with E-state index in [1.54, 1.807) is 26.0 Å². The molecule has 132 valence electrons. The summed E-state index contributed by atoms with van der Waals surface area (Å²) in [6.07, 6.45) is -2.96. The van der Waals surface area contributed by atoms with Gasteiger partial charge < -0.3 is 18.9 Å². The number of hydrogen-bond acceptors (Lipinski definition) is 7. The molecule has 0 spiro atoms. The van der Waals surface area contributed by atoms with Crippen molar-refractivity contribution in [3.63, 3.8) is 0 Å². The van der Waals surface area contributed by atoms with E-state index in [4.69, 9.17) is 23.1 Å². The van der Waals surface area contributed by atoms with E-state index in [9.17, 15) is 8.42 Å². The Bertz CT molecular complexity index is 727. The first-order valence-corrected chi connectivity index (χ1v) is 9.29. The van der Waals surface area contributed by atoms with Crippen LogP contribution in [-0.4, -0.2) is 51.5 Å². The molecule has 3 heterocycles. The van der Waals surface area contributed by atoms with Crippen molar-refractivity contribution in [3.05, 3.63) is 29.8 Å². The average molecular weight is 356 g/mol. The van der Waals surface area contributed by atoms with Gasteiger partial charge in [-0.05, 0) is 32.9 Å². The monoisotopic (exact) mass is 356 g/mol. The average Bonchev–Trinajstić information content (AvgIpc) is 3.07. The van der Waals surface area contributed by atoms with E-state index in [0.717, 1.165) is 5.56 Å². The van der Waals surface area contributed by atoms with Crippen molar-refractivity contribution in [2.45, 2.75) is 62.2 Å². The van der Waals surface area contributed by atoms with Crippen LogP contribution in [0.1, 0.15) is 19.4 Å². The molecule has 1 aromatic carbocycles. The van der Waals surface area contributed by atoms with Crippen LogP contribution in [0.5, 0.6) is 0 Å². The number of benzene rings is 1. The van der Waals surface area contributed by atoms with Crippen LogP contribution in [-0.2, 0) is 33.2 Å². The lowest BCUT2D eigenvalue weighted by atomic mass is 10.0. The van der Waals surface area contributed by atoms with Gasteiger partial charge in [-0.2, -0.15) is 8.42 Å². The van der Waals surface area contributed by atoms with Crippen LogP contribution in [0.2, 0.25) is 0 Å². The topological polar surface area (TPSA) is 80.3 Å². The predicted molar refractivity (Wildman–Crippen MR) is 81.7 cm³/mol. The van der Waals surface area contributed by atoms with Gasteiger partial charge in [-0.25, -0.2) is 0 Å². The second-order valence-corrected chi connectivity index (χ2v) is 8.34. The predicted octanol–water partition coefficient (Wildman–Crippen LogP) is 1.34. The zero-order valence-electron chi connectivity index (χ0n) is 13.7. The fourth-order valence-corrected chi connectivity index (χ4v) is 4.38. The van der Waals surface area contributed by atoms with Crippen molar-refractivity contribution >= 4 is 10.1 Å². The standard InChI is InChI=1S/C16H20O7S/c1-9-4-6-10(7-5-9)24(17,18)23-14-13-12(21-16(2,3)22-13)11-8-19-15(14)20-11/h4-7,11-15H,8H2,1-3H3/t11-,12+,13+,14-,15-/m1/s1. The Balaban J connectivity index is 1.62. The lowest BCUT2D eigenvalue weighted by Crippen LogP contribution is -2.53. The molecule has 2 bridgehead atoms. The Morgan fingerprint density at radius 3 is 2.50 bits per heavy atom. The van der Waals surface area contributed by atoms with Crippen molar-refractivity contribution in [2.24, 2.45) is 0 Å². The summed E-state index contributed by atoms with van der Waals surface area (Å²) < 4.78 is 53.6. The first-order chi connectivity index (χ1) is 11.3. The van der Waals surface area contributed by atoms with Gasteiger partial charge in [0.05, 0.1) is 11.5 Å². The molecule has 0 saturated carbocycles. The molecular formula is C16H20O7S. The fourth-order valence-electron chi connectivity index (χ4n) is 3.31. The molecule has 0 aromatic heterocycles. The van der Waals surface area contributed by atoms with E-state index < -0.39 is 40.5 Å². The molecule has 1 aromatic rings. The molecule has 0 amide bonds. The van der Waals surface area contributed by atoms with E-state index in [-0.39, 0.29) is 11.0 Å². The molecule has 0 radical (unpaired) electrons. The zero-order valence-corrected chi connectivity index (χ0v) is 14.5. The van der Waals surface area contributed by atoms with E-state index in [1.807, 2.05) is 6.92 Å². The van der Waals surface area contributed by atoms with Crippen LogP contribution in [0.4, 0.5) is 0 Å². The number of rotatable bonds is 3. The maximum atomic E-state index is 12.6. The summed E-state index contributed by atoms with van der Waals surface area (Å²) in [5, 5.41) is 0. The Hall–Kier alpha value is -1.03. The van der Waals surface area contributed by atoms with Gasteiger partial charge in [-0.3, -0.25) is 4.18 Å². The van der Waals surface area contributed by atoms with Gasteiger partial charge in [-0.15, -0.1) is 0 Å². The lowest BCUT2D eigenvalue weighted by molar-refractivity contribution is -0.194. The molecular weight excluding hydrogens is 336 g/mol. The summed E-state index contributed by atoms with van der Waals surface area (Å²) in [5.74, 6) is -0.821. The summed E-state index contributed by atoms with van der Waals surface area (Å²) >= 11 is 0. The Labute approximate surface area is 140 Å². The molecule has 3 fully saturated rings. The van der Waals surface area contributed by atoms with Crippen molar-refractivity contribution in [2.75, 3.05) is 6.61 Å². The largest absolute Gasteiger partial charge is 0.347 e. The zero-order chi connectivity index (χ0) is 17.1. The van der Waals surface area contributed by atoms with Crippen LogP contribution in [0, 0.1) is 6.92 Å². The number of aryl methyl sites for hydroxylation is 1. The molecule has 8 heteroatoms. The third kappa shape index (κ3) is 2.77. The summed E-state index contributed by atoms with van der Waals surface area (Å²) in [7, 11) is -3.97. The van der Waals surface area contributed by atoms with Gasteiger partial charge in [0, 0.05) is 0 Å². The van der Waals surface area contributed by atoms with Gasteiger partial charge >= 0.3 is 0 Å². The molecule has 24 heavy (non-hydrogen) atoms. The van der Waals surface area contributed by atoms with Crippen molar-refractivity contribution < 1.29 is 31.5 Å². The summed E-state index contributed by atoms with van der Waals surface area (Å²) in [6.45, 7) is 5.78. The molecule has 5 atom stereocenters. The van der Waals surface area contributed by atoms with Crippen LogP contribution < -0.4 is 0 Å². The van der Waals surface area contributed by atoms with Gasteiger partial charge in [0.15, 0.2) is 18.2 Å². The summed E-state index contributed by atoms with van der Waals surface area (Å²) in [5.41, 5.74) is 0.964. The Morgan fingerprint density at radius 2 is 1.79 bits per heavy atom. The highest BCUT2D eigenvalue weighted by atomic mass is 32.2. The molecule has 0 aliphatic carbocycles. The maximum absolute atomic E-state index is 12.6. The van der Waals surface area contributed by atoms with Gasteiger partial charge in [0.2, 0.25) is 0 Å². The summed E-state index contributed by atoms with van der Waals surface area (Å²) in [6, 6.07) is 6.47. The minimum absolute atomic E-state index is 0.0861. The second-order valence-electron chi connectivity index (χ2n) is 6.77. The number of hydrogen-bond donors (Lipinski definition) is 0. The van der Waals surface area contributed by atoms with E-state index in [0.29, 0.717) is 6.61 Å². The SMILES string of the molecule is Cc1ccc(S(=O)(=O)O[C@H]2[C@@H]3OC[C@@H](O3)[C@@H]3OC(C)(C)O[C@@H]32)cc1. The Kier molecular flexibility index (Phi) is 3.76. The maximum Gasteiger partial charge on any atom is 0.297 e. The first kappa shape index (κ1) is 16.4. The van der Waals surface area contributed by atoms with E-state index >= 15 is 0 Å². The summed E-state index contributed by atoms with van der Waals surface area (Å²) in [4.78, 5) is 0.0861. The van der Waals surface area contributed by atoms with Gasteiger partial charge in [0.1, 0.15) is 18.3 Å².